The number of hydrogen-bond acceptors (Lipinski definition) is 3. The van der Waals surface area contributed by atoms with Gasteiger partial charge in [-0.2, -0.15) is 0 Å². The van der Waals surface area contributed by atoms with Crippen LogP contribution >= 0.6 is 0 Å². The largest absolute Gasteiger partial charge is 0.322 e. The van der Waals surface area contributed by atoms with E-state index in [-0.39, 0.29) is 11.8 Å². The maximum atomic E-state index is 12.9. The van der Waals surface area contributed by atoms with Crippen molar-refractivity contribution in [3.63, 3.8) is 0 Å². The van der Waals surface area contributed by atoms with Crippen LogP contribution in [0.3, 0.4) is 0 Å². The van der Waals surface area contributed by atoms with Crippen LogP contribution in [0.1, 0.15) is 43.8 Å². The third kappa shape index (κ3) is 3.90. The van der Waals surface area contributed by atoms with E-state index < -0.39 is 0 Å². The lowest BCUT2D eigenvalue weighted by Gasteiger charge is -2.30. The first kappa shape index (κ1) is 18.9. The molecule has 4 rings (SSSR count). The zero-order valence-electron chi connectivity index (χ0n) is 16.6. The molecule has 2 heterocycles. The van der Waals surface area contributed by atoms with E-state index in [0.29, 0.717) is 17.7 Å². The molecular formula is C24H23N3O2. The lowest BCUT2D eigenvalue weighted by Crippen LogP contribution is -2.35. The van der Waals surface area contributed by atoms with Gasteiger partial charge in [0.05, 0.1) is 5.56 Å². The number of amides is 2. The number of carbonyl (C=O) groups is 2. The third-order valence-corrected chi connectivity index (χ3v) is 5.38. The molecule has 0 aliphatic carbocycles. The molecule has 3 aromatic rings. The van der Waals surface area contributed by atoms with Gasteiger partial charge in [0.1, 0.15) is 0 Å². The second-order valence-corrected chi connectivity index (χ2v) is 7.40. The first-order valence-electron chi connectivity index (χ1n) is 9.76. The molecule has 0 fully saturated rings. The summed E-state index contributed by atoms with van der Waals surface area (Å²) in [4.78, 5) is 31.4. The third-order valence-electron chi connectivity index (χ3n) is 5.38. The minimum absolute atomic E-state index is 0.0500. The summed E-state index contributed by atoms with van der Waals surface area (Å²) in [7, 11) is 0. The number of aromatic nitrogens is 1. The Hall–Kier alpha value is -3.47. The zero-order valence-corrected chi connectivity index (χ0v) is 16.6. The van der Waals surface area contributed by atoms with Gasteiger partial charge in [-0.3, -0.25) is 14.6 Å². The van der Waals surface area contributed by atoms with Gasteiger partial charge in [-0.15, -0.1) is 0 Å². The van der Waals surface area contributed by atoms with E-state index in [9.17, 15) is 9.59 Å². The molecule has 0 unspecified atom stereocenters. The van der Waals surface area contributed by atoms with Crippen molar-refractivity contribution in [1.29, 1.82) is 0 Å². The Kier molecular flexibility index (Phi) is 5.12. The number of benzene rings is 2. The molecule has 1 aromatic heterocycles. The molecule has 0 saturated carbocycles. The van der Waals surface area contributed by atoms with Gasteiger partial charge < -0.3 is 10.2 Å². The predicted octanol–water partition coefficient (Wildman–Crippen LogP) is 4.54. The summed E-state index contributed by atoms with van der Waals surface area (Å²) >= 11 is 0. The maximum absolute atomic E-state index is 12.9. The van der Waals surface area contributed by atoms with Crippen LogP contribution in [0.5, 0.6) is 0 Å². The van der Waals surface area contributed by atoms with Crippen molar-refractivity contribution in [2.75, 3.05) is 16.8 Å². The molecule has 5 heteroatoms. The molecule has 146 valence electrons. The van der Waals surface area contributed by atoms with E-state index in [0.717, 1.165) is 40.9 Å². The number of anilines is 2. The Morgan fingerprint density at radius 1 is 1.00 bits per heavy atom. The number of nitrogens with zero attached hydrogens (tertiary/aromatic N) is 2. The Morgan fingerprint density at radius 3 is 2.62 bits per heavy atom. The molecule has 0 spiro atoms. The highest BCUT2D eigenvalue weighted by Crippen LogP contribution is 2.31. The number of fused-ring (bicyclic) bond motifs is 1. The van der Waals surface area contributed by atoms with Crippen LogP contribution in [-0.2, 0) is 6.42 Å². The van der Waals surface area contributed by atoms with Crippen molar-refractivity contribution in [1.82, 2.24) is 4.98 Å². The highest BCUT2D eigenvalue weighted by Gasteiger charge is 2.24. The van der Waals surface area contributed by atoms with Gasteiger partial charge >= 0.3 is 0 Å². The van der Waals surface area contributed by atoms with Gasteiger partial charge in [-0.25, -0.2) is 0 Å². The smallest absolute Gasteiger partial charge is 0.259 e. The molecule has 0 atom stereocenters. The van der Waals surface area contributed by atoms with Crippen molar-refractivity contribution in [3.05, 3.63) is 88.7 Å². The highest BCUT2D eigenvalue weighted by molar-refractivity contribution is 6.07. The molecule has 2 aromatic carbocycles. The van der Waals surface area contributed by atoms with E-state index in [2.05, 4.69) is 10.3 Å². The Labute approximate surface area is 170 Å². The Balaban J connectivity index is 1.56. The van der Waals surface area contributed by atoms with E-state index in [1.165, 1.54) is 0 Å². The van der Waals surface area contributed by atoms with Gasteiger partial charge in [0.25, 0.3) is 11.8 Å². The molecule has 0 bridgehead atoms. The van der Waals surface area contributed by atoms with Crippen molar-refractivity contribution in [2.45, 2.75) is 26.7 Å². The maximum Gasteiger partial charge on any atom is 0.259 e. The van der Waals surface area contributed by atoms with Crippen LogP contribution in [-0.4, -0.2) is 23.3 Å². The first-order chi connectivity index (χ1) is 14.0. The fraction of sp³-hybridized carbons (Fsp3) is 0.208. The molecular weight excluding hydrogens is 362 g/mol. The summed E-state index contributed by atoms with van der Waals surface area (Å²) in [6.07, 6.45) is 5.01. The fourth-order valence-corrected chi connectivity index (χ4v) is 3.62. The normalized spacial score (nSPS) is 13.0. The number of aryl methyl sites for hydroxylation is 3. The number of nitrogens with one attached hydrogen (secondary N) is 1. The van der Waals surface area contributed by atoms with Crippen LogP contribution in [0.15, 0.2) is 60.9 Å². The Morgan fingerprint density at radius 2 is 1.86 bits per heavy atom. The predicted molar refractivity (Wildman–Crippen MR) is 115 cm³/mol. The average molecular weight is 385 g/mol. The number of carbonyl (C=O) groups excluding carboxylic acids is 2. The van der Waals surface area contributed by atoms with Gasteiger partial charge in [0.15, 0.2) is 0 Å². The van der Waals surface area contributed by atoms with Crippen LogP contribution < -0.4 is 10.2 Å². The summed E-state index contributed by atoms with van der Waals surface area (Å²) in [6.45, 7) is 4.70. The highest BCUT2D eigenvalue weighted by atomic mass is 16.2. The van der Waals surface area contributed by atoms with Crippen LogP contribution in [0.2, 0.25) is 0 Å². The lowest BCUT2D eigenvalue weighted by molar-refractivity contribution is 0.0983. The quantitative estimate of drug-likeness (QED) is 0.720. The van der Waals surface area contributed by atoms with E-state index in [1.54, 1.807) is 29.4 Å². The minimum atomic E-state index is -0.132. The summed E-state index contributed by atoms with van der Waals surface area (Å²) in [5.74, 6) is -0.182. The fourth-order valence-electron chi connectivity index (χ4n) is 3.62. The average Bonchev–Trinajstić information content (AvgIpc) is 2.75. The van der Waals surface area contributed by atoms with Crippen LogP contribution in [0.4, 0.5) is 11.4 Å². The second kappa shape index (κ2) is 7.87. The molecule has 29 heavy (non-hydrogen) atoms. The van der Waals surface area contributed by atoms with Gasteiger partial charge in [-0.05, 0) is 85.8 Å². The minimum Gasteiger partial charge on any atom is -0.322 e. The topological polar surface area (TPSA) is 62.3 Å². The van der Waals surface area contributed by atoms with E-state index in [4.69, 9.17) is 0 Å². The van der Waals surface area contributed by atoms with Crippen molar-refractivity contribution >= 4 is 23.2 Å². The number of hydrogen-bond donors (Lipinski definition) is 1. The van der Waals surface area contributed by atoms with Gasteiger partial charge in [-0.1, -0.05) is 6.07 Å². The van der Waals surface area contributed by atoms with Crippen LogP contribution in [0, 0.1) is 13.8 Å². The molecule has 1 N–H and O–H groups in total. The Bertz CT molecular complexity index is 1080. The summed E-state index contributed by atoms with van der Waals surface area (Å²) in [5, 5.41) is 2.98. The zero-order chi connectivity index (χ0) is 20.4. The van der Waals surface area contributed by atoms with E-state index in [1.807, 2.05) is 50.2 Å². The summed E-state index contributed by atoms with van der Waals surface area (Å²) < 4.78 is 0. The van der Waals surface area contributed by atoms with Gasteiger partial charge in [0.2, 0.25) is 0 Å². The van der Waals surface area contributed by atoms with Crippen molar-refractivity contribution in [2.24, 2.45) is 0 Å². The van der Waals surface area contributed by atoms with Crippen molar-refractivity contribution in [3.8, 4) is 0 Å². The molecule has 1 aliphatic rings. The SMILES string of the molecule is Cc1ccc(C(=O)Nc2ccc3c(c2)CCCN3C(=O)c2cccnc2)cc1C. The summed E-state index contributed by atoms with van der Waals surface area (Å²) in [6, 6.07) is 15.0. The molecule has 5 nitrogen and oxygen atoms in total. The van der Waals surface area contributed by atoms with Gasteiger partial charge in [0, 0.05) is 35.9 Å². The molecule has 0 saturated heterocycles. The number of rotatable bonds is 3. The standard InChI is InChI=1S/C24H23N3O2/c1-16-7-8-19(13-17(16)2)23(28)26-21-9-10-22-18(14-21)6-4-12-27(22)24(29)20-5-3-11-25-15-20/h3,5,7-11,13-15H,4,6,12H2,1-2H3,(H,26,28). The lowest BCUT2D eigenvalue weighted by atomic mass is 10.00. The molecule has 2 amide bonds. The monoisotopic (exact) mass is 385 g/mol. The molecule has 1 aliphatic heterocycles. The summed E-state index contributed by atoms with van der Waals surface area (Å²) in [5.41, 5.74) is 6.16. The second-order valence-electron chi connectivity index (χ2n) is 7.40. The van der Waals surface area contributed by atoms with E-state index >= 15 is 0 Å². The van der Waals surface area contributed by atoms with Crippen LogP contribution in [0.25, 0.3) is 0 Å². The number of pyridine rings is 1. The van der Waals surface area contributed by atoms with Crippen molar-refractivity contribution < 1.29 is 9.59 Å². The first-order valence-corrected chi connectivity index (χ1v) is 9.76. The molecule has 0 radical (unpaired) electrons.